The average Bonchev–Trinajstić information content (AvgIpc) is 2.95. The molecular formula is C16H16O. The van der Waals surface area contributed by atoms with Gasteiger partial charge in [-0.1, -0.05) is 49.8 Å². The fourth-order valence-electron chi connectivity index (χ4n) is 3.49. The fraction of sp³-hybridized carbons (Fsp3) is 0.375. The first kappa shape index (κ1) is 9.67. The van der Waals surface area contributed by atoms with Gasteiger partial charge in [0, 0.05) is 0 Å². The highest BCUT2D eigenvalue weighted by molar-refractivity contribution is 5.86. The molecule has 1 saturated heterocycles. The van der Waals surface area contributed by atoms with E-state index in [0.717, 1.165) is 12.8 Å². The van der Waals surface area contributed by atoms with Gasteiger partial charge in [-0.15, -0.1) is 0 Å². The zero-order valence-corrected chi connectivity index (χ0v) is 10.1. The van der Waals surface area contributed by atoms with E-state index in [4.69, 9.17) is 4.74 Å². The molecule has 1 nitrogen and oxygen atoms in total. The van der Waals surface area contributed by atoms with Crippen molar-refractivity contribution in [3.05, 3.63) is 53.1 Å². The second-order valence-electron chi connectivity index (χ2n) is 5.26. The van der Waals surface area contributed by atoms with E-state index in [2.05, 4.69) is 43.3 Å². The van der Waals surface area contributed by atoms with Gasteiger partial charge in [-0.2, -0.15) is 0 Å². The Bertz CT molecular complexity index is 552. The minimum Gasteiger partial charge on any atom is -0.357 e. The van der Waals surface area contributed by atoms with Crippen LogP contribution in [0.3, 0.4) is 0 Å². The number of hydrogen-bond acceptors (Lipinski definition) is 1. The lowest BCUT2D eigenvalue weighted by molar-refractivity contribution is 0.314. The molecule has 0 N–H and O–H groups in total. The summed E-state index contributed by atoms with van der Waals surface area (Å²) in [5.41, 5.74) is 5.92. The van der Waals surface area contributed by atoms with Crippen LogP contribution in [-0.2, 0) is 11.2 Å². The molecule has 2 aliphatic carbocycles. The van der Waals surface area contributed by atoms with E-state index in [1.165, 1.54) is 28.7 Å². The molecule has 2 unspecified atom stereocenters. The van der Waals surface area contributed by atoms with E-state index in [9.17, 15) is 0 Å². The largest absolute Gasteiger partial charge is 0.357 e. The predicted octanol–water partition coefficient (Wildman–Crippen LogP) is 3.50. The third kappa shape index (κ3) is 1.13. The van der Waals surface area contributed by atoms with Gasteiger partial charge in [-0.05, 0) is 35.1 Å². The molecule has 4 rings (SSSR count). The number of ether oxygens (including phenoxy) is 1. The van der Waals surface area contributed by atoms with Crippen molar-refractivity contribution in [3.63, 3.8) is 0 Å². The topological polar surface area (TPSA) is 12.5 Å². The van der Waals surface area contributed by atoms with Gasteiger partial charge in [0.1, 0.15) is 11.7 Å². The van der Waals surface area contributed by atoms with Gasteiger partial charge in [0.2, 0.25) is 0 Å². The van der Waals surface area contributed by atoms with Gasteiger partial charge in [-0.25, -0.2) is 0 Å². The van der Waals surface area contributed by atoms with E-state index >= 15 is 0 Å². The standard InChI is InChI=1S/C16H16O/c1-2-9-16-14-10-11-5-3-4-6-12(11)13(14)7-8-15(16)17-16/h3-8,15H,2,9-10H2,1H3. The molecule has 0 amide bonds. The van der Waals surface area contributed by atoms with Crippen molar-refractivity contribution in [1.82, 2.24) is 0 Å². The summed E-state index contributed by atoms with van der Waals surface area (Å²) in [5, 5.41) is 0. The summed E-state index contributed by atoms with van der Waals surface area (Å²) < 4.78 is 6.01. The van der Waals surface area contributed by atoms with Crippen LogP contribution < -0.4 is 0 Å². The van der Waals surface area contributed by atoms with Crippen LogP contribution in [0.2, 0.25) is 0 Å². The Morgan fingerprint density at radius 2 is 2.24 bits per heavy atom. The lowest BCUT2D eigenvalue weighted by Gasteiger charge is -2.17. The minimum absolute atomic E-state index is 0.0673. The van der Waals surface area contributed by atoms with Crippen molar-refractivity contribution in [2.45, 2.75) is 37.9 Å². The Morgan fingerprint density at radius 1 is 1.35 bits per heavy atom. The molecule has 1 fully saturated rings. The van der Waals surface area contributed by atoms with Crippen molar-refractivity contribution < 1.29 is 4.74 Å². The molecule has 3 aliphatic rings. The van der Waals surface area contributed by atoms with Crippen molar-refractivity contribution in [2.24, 2.45) is 0 Å². The van der Waals surface area contributed by atoms with Gasteiger partial charge < -0.3 is 4.74 Å². The van der Waals surface area contributed by atoms with Crippen LogP contribution in [0.25, 0.3) is 5.57 Å². The van der Waals surface area contributed by atoms with E-state index in [-0.39, 0.29) is 5.60 Å². The maximum atomic E-state index is 6.01. The molecule has 0 radical (unpaired) electrons. The first-order valence-corrected chi connectivity index (χ1v) is 6.53. The molecule has 0 spiro atoms. The molecular weight excluding hydrogens is 208 g/mol. The molecule has 2 atom stereocenters. The lowest BCUT2D eigenvalue weighted by atomic mass is 9.84. The predicted molar refractivity (Wildman–Crippen MR) is 68.7 cm³/mol. The number of rotatable bonds is 2. The Kier molecular flexibility index (Phi) is 1.77. The van der Waals surface area contributed by atoms with Gasteiger partial charge >= 0.3 is 0 Å². The van der Waals surface area contributed by atoms with E-state index in [1.807, 2.05) is 0 Å². The second-order valence-corrected chi connectivity index (χ2v) is 5.26. The summed E-state index contributed by atoms with van der Waals surface area (Å²) in [4.78, 5) is 0. The minimum atomic E-state index is 0.0673. The number of benzene rings is 1. The van der Waals surface area contributed by atoms with Crippen molar-refractivity contribution in [2.75, 3.05) is 0 Å². The van der Waals surface area contributed by atoms with Crippen LogP contribution in [0.5, 0.6) is 0 Å². The number of epoxide rings is 1. The van der Waals surface area contributed by atoms with Crippen LogP contribution in [0.4, 0.5) is 0 Å². The molecule has 1 aromatic rings. The van der Waals surface area contributed by atoms with Crippen LogP contribution >= 0.6 is 0 Å². The SMILES string of the molecule is CCCC12OC1C=CC1=C2Cc2ccccc21. The monoisotopic (exact) mass is 224 g/mol. The highest BCUT2D eigenvalue weighted by Crippen LogP contribution is 2.56. The Balaban J connectivity index is 1.84. The first-order chi connectivity index (χ1) is 8.35. The Labute approximate surface area is 102 Å². The quantitative estimate of drug-likeness (QED) is 0.700. The summed E-state index contributed by atoms with van der Waals surface area (Å²) >= 11 is 0. The molecule has 17 heavy (non-hydrogen) atoms. The fourth-order valence-corrected chi connectivity index (χ4v) is 3.49. The van der Waals surface area contributed by atoms with E-state index in [1.54, 1.807) is 0 Å². The zero-order chi connectivity index (χ0) is 11.5. The summed E-state index contributed by atoms with van der Waals surface area (Å²) in [6.07, 6.45) is 8.32. The molecule has 1 heteroatoms. The normalized spacial score (nSPS) is 32.2. The van der Waals surface area contributed by atoms with Gasteiger partial charge in [0.15, 0.2) is 0 Å². The molecule has 0 aromatic heterocycles. The zero-order valence-electron chi connectivity index (χ0n) is 10.1. The molecule has 1 aromatic carbocycles. The summed E-state index contributed by atoms with van der Waals surface area (Å²) in [6.45, 7) is 2.24. The lowest BCUT2D eigenvalue weighted by Crippen LogP contribution is -2.20. The molecule has 86 valence electrons. The highest BCUT2D eigenvalue weighted by Gasteiger charge is 2.59. The number of fused-ring (bicyclic) bond motifs is 4. The summed E-state index contributed by atoms with van der Waals surface area (Å²) in [6, 6.07) is 8.76. The number of hydrogen-bond donors (Lipinski definition) is 0. The van der Waals surface area contributed by atoms with E-state index in [0.29, 0.717) is 6.10 Å². The van der Waals surface area contributed by atoms with Gasteiger partial charge in [0.05, 0.1) is 0 Å². The third-order valence-electron chi connectivity index (χ3n) is 4.31. The average molecular weight is 224 g/mol. The van der Waals surface area contributed by atoms with Crippen LogP contribution in [-0.4, -0.2) is 11.7 Å². The van der Waals surface area contributed by atoms with Crippen molar-refractivity contribution >= 4 is 5.57 Å². The highest BCUT2D eigenvalue weighted by atomic mass is 16.6. The van der Waals surface area contributed by atoms with Crippen molar-refractivity contribution in [3.8, 4) is 0 Å². The number of allylic oxidation sites excluding steroid dienone is 2. The summed E-state index contributed by atoms with van der Waals surface area (Å²) in [7, 11) is 0. The second kappa shape index (κ2) is 3.11. The van der Waals surface area contributed by atoms with Gasteiger partial charge in [-0.3, -0.25) is 0 Å². The maximum absolute atomic E-state index is 6.01. The van der Waals surface area contributed by atoms with Gasteiger partial charge in [0.25, 0.3) is 0 Å². The third-order valence-corrected chi connectivity index (χ3v) is 4.31. The maximum Gasteiger partial charge on any atom is 0.121 e. The van der Waals surface area contributed by atoms with Crippen LogP contribution in [0.1, 0.15) is 30.9 Å². The molecule has 1 aliphatic heterocycles. The van der Waals surface area contributed by atoms with Crippen LogP contribution in [0.15, 0.2) is 42.0 Å². The van der Waals surface area contributed by atoms with Crippen molar-refractivity contribution in [1.29, 1.82) is 0 Å². The van der Waals surface area contributed by atoms with E-state index < -0.39 is 0 Å². The molecule has 0 bridgehead atoms. The molecule has 1 heterocycles. The smallest absolute Gasteiger partial charge is 0.121 e. The Hall–Kier alpha value is -1.34. The molecule has 0 saturated carbocycles. The first-order valence-electron chi connectivity index (χ1n) is 6.53. The Morgan fingerprint density at radius 3 is 3.12 bits per heavy atom. The van der Waals surface area contributed by atoms with Crippen LogP contribution in [0, 0.1) is 0 Å². The summed E-state index contributed by atoms with van der Waals surface area (Å²) in [5.74, 6) is 0.